The van der Waals surface area contributed by atoms with Gasteiger partial charge in [0, 0.05) is 15.8 Å². The zero-order valence-electron chi connectivity index (χ0n) is 6.80. The first-order chi connectivity index (χ1) is 6.22. The lowest BCUT2D eigenvalue weighted by molar-refractivity contribution is 0.421. The van der Waals surface area contributed by atoms with E-state index in [-0.39, 0.29) is 0 Å². The molecule has 0 saturated heterocycles. The molecule has 0 aliphatic heterocycles. The molecule has 0 fully saturated rings. The summed E-state index contributed by atoms with van der Waals surface area (Å²) < 4.78 is 6.19. The van der Waals surface area contributed by atoms with Gasteiger partial charge in [0.2, 0.25) is 0 Å². The molecule has 0 amide bonds. The van der Waals surface area contributed by atoms with Gasteiger partial charge >= 0.3 is 0 Å². The zero-order valence-corrected chi connectivity index (χ0v) is 9.13. The minimum Gasteiger partial charge on any atom is -0.495 e. The fourth-order valence-electron chi connectivity index (χ4n) is 1.20. The maximum Gasteiger partial charge on any atom is 0.137 e. The molecule has 2 rings (SSSR count). The van der Waals surface area contributed by atoms with Gasteiger partial charge < -0.3 is 4.74 Å². The lowest BCUT2D eigenvalue weighted by Gasteiger charge is -1.98. The number of hydrogen-bond donors (Lipinski definition) is 0. The first-order valence-electron chi connectivity index (χ1n) is 3.62. The van der Waals surface area contributed by atoms with Crippen molar-refractivity contribution in [2.45, 2.75) is 0 Å². The predicted molar refractivity (Wildman–Crippen MR) is 58.4 cm³/mol. The smallest absolute Gasteiger partial charge is 0.137 e. The van der Waals surface area contributed by atoms with Crippen molar-refractivity contribution in [1.82, 2.24) is 0 Å². The van der Waals surface area contributed by atoms with Gasteiger partial charge in [0.05, 0.1) is 16.8 Å². The summed E-state index contributed by atoms with van der Waals surface area (Å²) in [6, 6.07) is 3.60. The Bertz CT molecular complexity index is 450. The monoisotopic (exact) mass is 232 g/mol. The van der Waals surface area contributed by atoms with Crippen molar-refractivity contribution in [3.8, 4) is 5.75 Å². The maximum absolute atomic E-state index is 6.00. The number of rotatable bonds is 1. The number of methoxy groups -OCH3 is 1. The number of ether oxygens (including phenoxy) is 1. The Morgan fingerprint density at radius 3 is 2.77 bits per heavy atom. The van der Waals surface area contributed by atoms with Crippen molar-refractivity contribution in [1.29, 1.82) is 0 Å². The van der Waals surface area contributed by atoms with Crippen LogP contribution >= 0.6 is 34.5 Å². The van der Waals surface area contributed by atoms with Gasteiger partial charge in [-0.15, -0.1) is 11.3 Å². The number of thiophene rings is 1. The topological polar surface area (TPSA) is 9.23 Å². The normalized spacial score (nSPS) is 10.7. The van der Waals surface area contributed by atoms with Crippen molar-refractivity contribution in [3.63, 3.8) is 0 Å². The molecule has 0 aliphatic rings. The van der Waals surface area contributed by atoms with E-state index in [9.17, 15) is 0 Å². The van der Waals surface area contributed by atoms with Crippen LogP contribution in [0.5, 0.6) is 5.75 Å². The van der Waals surface area contributed by atoms with Gasteiger partial charge in [0.25, 0.3) is 0 Å². The first-order valence-corrected chi connectivity index (χ1v) is 5.26. The summed E-state index contributed by atoms with van der Waals surface area (Å²) in [5.74, 6) is 0.824. The first kappa shape index (κ1) is 9.13. The van der Waals surface area contributed by atoms with E-state index in [4.69, 9.17) is 27.9 Å². The molecule has 0 atom stereocenters. The number of hydrogen-bond acceptors (Lipinski definition) is 2. The van der Waals surface area contributed by atoms with E-state index >= 15 is 0 Å². The zero-order chi connectivity index (χ0) is 9.42. The van der Waals surface area contributed by atoms with Crippen molar-refractivity contribution >= 4 is 44.6 Å². The van der Waals surface area contributed by atoms with E-state index in [1.807, 2.05) is 11.4 Å². The maximum atomic E-state index is 6.00. The molecule has 1 aromatic heterocycles. The van der Waals surface area contributed by atoms with Gasteiger partial charge in [-0.1, -0.05) is 23.2 Å². The molecule has 68 valence electrons. The molecule has 4 heteroatoms. The van der Waals surface area contributed by atoms with Crippen LogP contribution in [-0.4, -0.2) is 7.11 Å². The van der Waals surface area contributed by atoms with Crippen LogP contribution in [-0.2, 0) is 0 Å². The van der Waals surface area contributed by atoms with Crippen molar-refractivity contribution in [2.24, 2.45) is 0 Å². The summed E-state index contributed by atoms with van der Waals surface area (Å²) >= 11 is 13.4. The molecule has 0 radical (unpaired) electrons. The molecule has 2 aromatic rings. The lowest BCUT2D eigenvalue weighted by atomic mass is 10.2. The quantitative estimate of drug-likeness (QED) is 0.716. The third-order valence-electron chi connectivity index (χ3n) is 1.78. The van der Waals surface area contributed by atoms with Crippen molar-refractivity contribution in [2.75, 3.05) is 7.11 Å². The summed E-state index contributed by atoms with van der Waals surface area (Å²) in [7, 11) is 1.64. The lowest BCUT2D eigenvalue weighted by Crippen LogP contribution is -1.79. The molecule has 1 nitrogen and oxygen atoms in total. The van der Waals surface area contributed by atoms with E-state index in [1.165, 1.54) is 0 Å². The van der Waals surface area contributed by atoms with Gasteiger partial charge in [-0.05, 0) is 12.1 Å². The molecule has 0 spiro atoms. The second-order valence-electron chi connectivity index (χ2n) is 2.57. The molecular weight excluding hydrogens is 227 g/mol. The van der Waals surface area contributed by atoms with Crippen LogP contribution in [0.3, 0.4) is 0 Å². The molecule has 1 heterocycles. The second kappa shape index (κ2) is 3.37. The highest BCUT2D eigenvalue weighted by atomic mass is 35.5. The minimum absolute atomic E-state index is 0.634. The van der Waals surface area contributed by atoms with Gasteiger partial charge in [-0.2, -0.15) is 0 Å². The average Bonchev–Trinajstić information content (AvgIpc) is 2.47. The molecule has 1 aromatic carbocycles. The van der Waals surface area contributed by atoms with E-state index in [0.29, 0.717) is 10.0 Å². The Kier molecular flexibility index (Phi) is 2.37. The summed E-state index contributed by atoms with van der Waals surface area (Å²) in [6.45, 7) is 0. The van der Waals surface area contributed by atoms with Crippen LogP contribution in [0.4, 0.5) is 0 Å². The Morgan fingerprint density at radius 1 is 1.31 bits per heavy atom. The standard InChI is InChI=1S/C9H6Cl2OS/c1-12-8-4-13-9-6(8)2-5(10)3-7(9)11/h2-4H,1H3. The Labute approximate surface area is 89.8 Å². The third-order valence-corrected chi connectivity index (χ3v) is 3.41. The average molecular weight is 233 g/mol. The highest BCUT2D eigenvalue weighted by molar-refractivity contribution is 7.18. The predicted octanol–water partition coefficient (Wildman–Crippen LogP) is 4.22. The van der Waals surface area contributed by atoms with Crippen molar-refractivity contribution < 1.29 is 4.74 Å². The van der Waals surface area contributed by atoms with Gasteiger partial charge in [0.15, 0.2) is 0 Å². The van der Waals surface area contributed by atoms with Crippen LogP contribution in [0.15, 0.2) is 17.5 Å². The molecule has 13 heavy (non-hydrogen) atoms. The Balaban J connectivity index is 2.82. The van der Waals surface area contributed by atoms with E-state index in [2.05, 4.69) is 0 Å². The summed E-state index contributed by atoms with van der Waals surface area (Å²) in [4.78, 5) is 0. The van der Waals surface area contributed by atoms with E-state index < -0.39 is 0 Å². The summed E-state index contributed by atoms with van der Waals surface area (Å²) in [5, 5.41) is 4.21. The van der Waals surface area contributed by atoms with Gasteiger partial charge in [-0.25, -0.2) is 0 Å². The molecular formula is C9H6Cl2OS. The molecule has 0 unspecified atom stereocenters. The fraction of sp³-hybridized carbons (Fsp3) is 0.111. The van der Waals surface area contributed by atoms with Crippen LogP contribution in [0, 0.1) is 0 Å². The third kappa shape index (κ3) is 1.50. The summed E-state index contributed by atoms with van der Waals surface area (Å²) in [5.41, 5.74) is 0. The molecule has 0 saturated carbocycles. The number of halogens is 2. The van der Waals surface area contributed by atoms with Gasteiger partial charge in [-0.3, -0.25) is 0 Å². The van der Waals surface area contributed by atoms with Crippen molar-refractivity contribution in [3.05, 3.63) is 27.6 Å². The van der Waals surface area contributed by atoms with Gasteiger partial charge in [0.1, 0.15) is 5.75 Å². The minimum atomic E-state index is 0.634. The van der Waals surface area contributed by atoms with Crippen LogP contribution < -0.4 is 4.74 Å². The number of benzene rings is 1. The van der Waals surface area contributed by atoms with Crippen LogP contribution in [0.1, 0.15) is 0 Å². The second-order valence-corrected chi connectivity index (χ2v) is 4.29. The fourth-order valence-corrected chi connectivity index (χ4v) is 2.73. The molecule has 0 N–H and O–H groups in total. The summed E-state index contributed by atoms with van der Waals surface area (Å²) in [6.07, 6.45) is 0. The Hall–Kier alpha value is -0.440. The van der Waals surface area contributed by atoms with E-state index in [1.54, 1.807) is 24.5 Å². The highest BCUT2D eigenvalue weighted by Gasteiger charge is 2.08. The SMILES string of the molecule is COc1csc2c(Cl)cc(Cl)cc12. The van der Waals surface area contributed by atoms with Crippen LogP contribution in [0.25, 0.3) is 10.1 Å². The highest BCUT2D eigenvalue weighted by Crippen LogP contribution is 2.38. The van der Waals surface area contributed by atoms with E-state index in [0.717, 1.165) is 15.8 Å². The Morgan fingerprint density at radius 2 is 2.08 bits per heavy atom. The molecule has 0 aliphatic carbocycles. The van der Waals surface area contributed by atoms with Crippen LogP contribution in [0.2, 0.25) is 10.0 Å². The largest absolute Gasteiger partial charge is 0.495 e. The number of fused-ring (bicyclic) bond motifs is 1. The molecule has 0 bridgehead atoms.